The molecule has 34 heavy (non-hydrogen) atoms. The molecule has 5 heteroatoms. The van der Waals surface area contributed by atoms with Crippen LogP contribution in [0.4, 0.5) is 5.13 Å². The monoisotopic (exact) mass is 466 g/mol. The molecule has 5 aromatic rings. The lowest BCUT2D eigenvalue weighted by Crippen LogP contribution is -2.31. The molecule has 4 aromatic carbocycles. The molecule has 5 rings (SSSR count). The van der Waals surface area contributed by atoms with Crippen molar-refractivity contribution in [2.45, 2.75) is 27.3 Å². The van der Waals surface area contributed by atoms with Gasteiger partial charge in [-0.25, -0.2) is 4.98 Å². The Morgan fingerprint density at radius 2 is 1.74 bits per heavy atom. The first-order valence-corrected chi connectivity index (χ1v) is 12.2. The molecule has 0 atom stereocenters. The number of aromatic nitrogens is 1. The predicted octanol–water partition coefficient (Wildman–Crippen LogP) is 7.31. The number of nitrogens with zero attached hydrogens (tertiary/aromatic N) is 2. The maximum atomic E-state index is 14.3. The second kappa shape index (κ2) is 9.27. The fourth-order valence-corrected chi connectivity index (χ4v) is 5.49. The Morgan fingerprint density at radius 3 is 2.53 bits per heavy atom. The molecule has 0 N–H and O–H groups in total. The van der Waals surface area contributed by atoms with Crippen LogP contribution in [-0.4, -0.2) is 17.5 Å². The number of hydrogen-bond donors (Lipinski definition) is 0. The number of thiazole rings is 1. The Bertz CT molecular complexity index is 1490. The van der Waals surface area contributed by atoms with Crippen molar-refractivity contribution in [2.75, 3.05) is 11.5 Å². The van der Waals surface area contributed by atoms with Crippen molar-refractivity contribution in [1.29, 1.82) is 0 Å². The third-order valence-corrected chi connectivity index (χ3v) is 6.91. The van der Waals surface area contributed by atoms with E-state index in [1.54, 1.807) is 16.2 Å². The summed E-state index contributed by atoms with van der Waals surface area (Å²) in [7, 11) is 0. The largest absolute Gasteiger partial charge is 0.493 e. The van der Waals surface area contributed by atoms with Crippen LogP contribution in [0.15, 0.2) is 78.9 Å². The molecule has 0 bridgehead atoms. The molecule has 170 valence electrons. The van der Waals surface area contributed by atoms with E-state index in [1.165, 1.54) is 5.56 Å². The smallest absolute Gasteiger partial charge is 0.264 e. The molecule has 0 aliphatic carbocycles. The molecular weight excluding hydrogens is 440 g/mol. The Balaban J connectivity index is 1.69. The normalized spacial score (nSPS) is 11.1. The minimum absolute atomic E-state index is 0.113. The molecule has 4 nitrogen and oxygen atoms in total. The first-order chi connectivity index (χ1) is 16.5. The van der Waals surface area contributed by atoms with E-state index in [4.69, 9.17) is 9.72 Å². The topological polar surface area (TPSA) is 42.4 Å². The molecule has 0 spiro atoms. The zero-order valence-electron chi connectivity index (χ0n) is 19.5. The Hall–Kier alpha value is -3.70. The zero-order valence-corrected chi connectivity index (χ0v) is 20.4. The number of ether oxygens (including phenoxy) is 1. The molecule has 1 heterocycles. The Kier molecular flexibility index (Phi) is 6.03. The number of fused-ring (bicyclic) bond motifs is 2. The van der Waals surface area contributed by atoms with Crippen molar-refractivity contribution in [1.82, 2.24) is 4.98 Å². The van der Waals surface area contributed by atoms with Crippen LogP contribution in [-0.2, 0) is 6.54 Å². The lowest BCUT2D eigenvalue weighted by atomic mass is 10.0. The minimum Gasteiger partial charge on any atom is -0.493 e. The average molecular weight is 467 g/mol. The van der Waals surface area contributed by atoms with E-state index in [0.29, 0.717) is 29.6 Å². The number of carbonyl (C=O) groups is 1. The van der Waals surface area contributed by atoms with Crippen LogP contribution in [0.1, 0.15) is 34.0 Å². The summed E-state index contributed by atoms with van der Waals surface area (Å²) in [5, 5.41) is 2.57. The first kappa shape index (κ1) is 22.1. The van der Waals surface area contributed by atoms with Gasteiger partial charge in [0.05, 0.1) is 28.9 Å². The zero-order chi connectivity index (χ0) is 23.7. The van der Waals surface area contributed by atoms with Gasteiger partial charge in [0, 0.05) is 0 Å². The SMILES string of the molecule is CCOc1ccc2ccccc2c1C(=O)N(Cc1ccccc1)c1nc2c(C)cc(C)cc2s1. The van der Waals surface area contributed by atoms with E-state index < -0.39 is 0 Å². The highest BCUT2D eigenvalue weighted by molar-refractivity contribution is 7.22. The van der Waals surface area contributed by atoms with Crippen LogP contribution in [0.3, 0.4) is 0 Å². The third-order valence-electron chi connectivity index (χ3n) is 5.88. The van der Waals surface area contributed by atoms with Gasteiger partial charge in [0.15, 0.2) is 5.13 Å². The average Bonchev–Trinajstić information content (AvgIpc) is 3.27. The van der Waals surface area contributed by atoms with Crippen molar-refractivity contribution in [3.8, 4) is 5.75 Å². The molecule has 0 aliphatic rings. The van der Waals surface area contributed by atoms with Crippen molar-refractivity contribution in [2.24, 2.45) is 0 Å². The molecule has 0 saturated heterocycles. The highest BCUT2D eigenvalue weighted by atomic mass is 32.1. The van der Waals surface area contributed by atoms with E-state index in [0.717, 1.165) is 32.1 Å². The minimum atomic E-state index is -0.113. The van der Waals surface area contributed by atoms with Crippen LogP contribution in [0.2, 0.25) is 0 Å². The lowest BCUT2D eigenvalue weighted by Gasteiger charge is -2.22. The van der Waals surface area contributed by atoms with E-state index >= 15 is 0 Å². The third kappa shape index (κ3) is 4.15. The highest BCUT2D eigenvalue weighted by Crippen LogP contribution is 2.36. The van der Waals surface area contributed by atoms with Gasteiger partial charge in [0.25, 0.3) is 5.91 Å². The summed E-state index contributed by atoms with van der Waals surface area (Å²) in [6.45, 7) is 7.00. The van der Waals surface area contributed by atoms with Crippen LogP contribution in [0.5, 0.6) is 5.75 Å². The second-order valence-electron chi connectivity index (χ2n) is 8.39. The summed E-state index contributed by atoms with van der Waals surface area (Å²) in [5.74, 6) is 0.481. The quantitative estimate of drug-likeness (QED) is 0.263. The van der Waals surface area contributed by atoms with Gasteiger partial charge in [-0.1, -0.05) is 78.1 Å². The molecule has 1 aromatic heterocycles. The summed E-state index contributed by atoms with van der Waals surface area (Å²) < 4.78 is 7.02. The first-order valence-electron chi connectivity index (χ1n) is 11.4. The van der Waals surface area contributed by atoms with E-state index in [9.17, 15) is 4.79 Å². The van der Waals surface area contributed by atoms with Gasteiger partial charge in [0.2, 0.25) is 0 Å². The van der Waals surface area contributed by atoms with E-state index in [-0.39, 0.29) is 5.91 Å². The van der Waals surface area contributed by atoms with Gasteiger partial charge in [-0.05, 0) is 60.4 Å². The number of aryl methyl sites for hydroxylation is 2. The van der Waals surface area contributed by atoms with Gasteiger partial charge >= 0.3 is 0 Å². The fourth-order valence-electron chi connectivity index (χ4n) is 4.35. The van der Waals surface area contributed by atoms with E-state index in [1.807, 2.05) is 73.7 Å². The molecule has 0 saturated carbocycles. The van der Waals surface area contributed by atoms with Crippen molar-refractivity contribution in [3.05, 3.63) is 101 Å². The number of rotatable bonds is 6. The molecule has 1 amide bonds. The molecule has 0 aliphatic heterocycles. The van der Waals surface area contributed by atoms with Crippen molar-refractivity contribution in [3.63, 3.8) is 0 Å². The van der Waals surface area contributed by atoms with Crippen LogP contribution in [0, 0.1) is 13.8 Å². The lowest BCUT2D eigenvalue weighted by molar-refractivity contribution is 0.0983. The van der Waals surface area contributed by atoms with Crippen LogP contribution < -0.4 is 9.64 Å². The standard InChI is InChI=1S/C29H26N2O2S/c1-4-33-24-15-14-22-12-8-9-13-23(22)26(24)28(32)31(18-21-10-6-5-7-11-21)29-30-27-20(3)16-19(2)17-25(27)34-29/h5-17H,4,18H2,1-3H3. The Labute approximate surface area is 203 Å². The molecule has 0 unspecified atom stereocenters. The predicted molar refractivity (Wildman–Crippen MR) is 141 cm³/mol. The number of hydrogen-bond acceptors (Lipinski definition) is 4. The maximum Gasteiger partial charge on any atom is 0.264 e. The van der Waals surface area contributed by atoms with Gasteiger partial charge < -0.3 is 4.74 Å². The van der Waals surface area contributed by atoms with Gasteiger partial charge in [-0.3, -0.25) is 9.69 Å². The van der Waals surface area contributed by atoms with Gasteiger partial charge in [0.1, 0.15) is 5.75 Å². The summed E-state index contributed by atoms with van der Waals surface area (Å²) in [4.78, 5) is 21.0. The highest BCUT2D eigenvalue weighted by Gasteiger charge is 2.26. The van der Waals surface area contributed by atoms with Crippen LogP contribution >= 0.6 is 11.3 Å². The van der Waals surface area contributed by atoms with E-state index in [2.05, 4.69) is 26.0 Å². The van der Waals surface area contributed by atoms with Crippen molar-refractivity contribution < 1.29 is 9.53 Å². The summed E-state index contributed by atoms with van der Waals surface area (Å²) in [6.07, 6.45) is 0. The number of benzene rings is 4. The number of anilines is 1. The number of carbonyl (C=O) groups excluding carboxylic acids is 1. The summed E-state index contributed by atoms with van der Waals surface area (Å²) >= 11 is 1.55. The summed E-state index contributed by atoms with van der Waals surface area (Å²) in [6, 6.07) is 26.2. The molecule has 0 fully saturated rings. The fraction of sp³-hybridized carbons (Fsp3) is 0.172. The van der Waals surface area contributed by atoms with Gasteiger partial charge in [-0.2, -0.15) is 0 Å². The van der Waals surface area contributed by atoms with Crippen molar-refractivity contribution >= 4 is 43.4 Å². The second-order valence-corrected chi connectivity index (χ2v) is 9.40. The molecule has 0 radical (unpaired) electrons. The number of amides is 1. The Morgan fingerprint density at radius 1 is 0.971 bits per heavy atom. The molecular formula is C29H26N2O2S. The van der Waals surface area contributed by atoms with Gasteiger partial charge in [-0.15, -0.1) is 0 Å². The summed E-state index contributed by atoms with van der Waals surface area (Å²) in [5.41, 5.74) is 4.86. The van der Waals surface area contributed by atoms with Crippen LogP contribution in [0.25, 0.3) is 21.0 Å². The maximum absolute atomic E-state index is 14.3.